The lowest BCUT2D eigenvalue weighted by Gasteiger charge is -2.16. The molecule has 4 heteroatoms. The van der Waals surface area contributed by atoms with E-state index in [4.69, 9.17) is 5.73 Å². The summed E-state index contributed by atoms with van der Waals surface area (Å²) in [5.74, 6) is 0.902. The van der Waals surface area contributed by atoms with Crippen LogP contribution in [0.1, 0.15) is 11.1 Å². The second kappa shape index (κ2) is 6.89. The van der Waals surface area contributed by atoms with Crippen LogP contribution in [0, 0.1) is 5.82 Å². The van der Waals surface area contributed by atoms with Crippen LogP contribution in [-0.4, -0.2) is 30.5 Å². The van der Waals surface area contributed by atoms with Gasteiger partial charge in [0.1, 0.15) is 5.82 Å². The first-order valence-corrected chi connectivity index (χ1v) is 6.71. The van der Waals surface area contributed by atoms with Crippen LogP contribution in [-0.2, 0) is 13.1 Å². The summed E-state index contributed by atoms with van der Waals surface area (Å²) in [4.78, 5) is 2.23. The molecule has 0 saturated heterocycles. The first-order chi connectivity index (χ1) is 7.67. The van der Waals surface area contributed by atoms with Crippen LogP contribution < -0.4 is 5.73 Å². The Bertz CT molecular complexity index is 331. The van der Waals surface area contributed by atoms with Gasteiger partial charge in [-0.05, 0) is 24.9 Å². The Balaban J connectivity index is 2.59. The highest BCUT2D eigenvalue weighted by molar-refractivity contribution is 7.98. The third kappa shape index (κ3) is 4.12. The lowest BCUT2D eigenvalue weighted by atomic mass is 10.1. The molecule has 2 nitrogen and oxygen atoms in total. The van der Waals surface area contributed by atoms with Crippen LogP contribution in [0.5, 0.6) is 0 Å². The molecule has 2 N–H and O–H groups in total. The molecule has 0 amide bonds. The average molecular weight is 242 g/mol. The highest BCUT2D eigenvalue weighted by Gasteiger charge is 2.04. The molecule has 16 heavy (non-hydrogen) atoms. The van der Waals surface area contributed by atoms with Crippen LogP contribution in [0.2, 0.25) is 0 Å². The van der Waals surface area contributed by atoms with E-state index in [0.29, 0.717) is 5.56 Å². The summed E-state index contributed by atoms with van der Waals surface area (Å²) in [6, 6.07) is 5.18. The normalized spacial score (nSPS) is 11.1. The summed E-state index contributed by atoms with van der Waals surface area (Å²) >= 11 is 1.83. The van der Waals surface area contributed by atoms with E-state index in [0.717, 1.165) is 24.4 Å². The van der Waals surface area contributed by atoms with Gasteiger partial charge in [0.2, 0.25) is 0 Å². The largest absolute Gasteiger partial charge is 0.326 e. The monoisotopic (exact) mass is 242 g/mol. The Labute approximate surface area is 101 Å². The minimum absolute atomic E-state index is 0.210. The SMILES string of the molecule is CSCCN(C)Cc1ccc(F)c(CN)c1. The summed E-state index contributed by atoms with van der Waals surface area (Å²) in [6.45, 7) is 2.14. The van der Waals surface area contributed by atoms with Crippen LogP contribution >= 0.6 is 11.8 Å². The fraction of sp³-hybridized carbons (Fsp3) is 0.500. The fourth-order valence-corrected chi connectivity index (χ4v) is 2.01. The van der Waals surface area contributed by atoms with E-state index in [1.165, 1.54) is 6.07 Å². The topological polar surface area (TPSA) is 29.3 Å². The molecule has 90 valence electrons. The van der Waals surface area contributed by atoms with E-state index in [9.17, 15) is 4.39 Å². The highest BCUT2D eigenvalue weighted by atomic mass is 32.2. The molecule has 0 radical (unpaired) electrons. The van der Waals surface area contributed by atoms with E-state index in [-0.39, 0.29) is 12.4 Å². The number of nitrogens with two attached hydrogens (primary N) is 1. The smallest absolute Gasteiger partial charge is 0.127 e. The molecular formula is C12H19FN2S. The molecule has 1 aromatic carbocycles. The zero-order valence-corrected chi connectivity index (χ0v) is 10.7. The highest BCUT2D eigenvalue weighted by Crippen LogP contribution is 2.11. The summed E-state index contributed by atoms with van der Waals surface area (Å²) in [5.41, 5.74) is 7.18. The molecule has 0 atom stereocenters. The molecule has 0 aliphatic rings. The van der Waals surface area contributed by atoms with Crippen molar-refractivity contribution in [2.24, 2.45) is 5.73 Å². The van der Waals surface area contributed by atoms with Gasteiger partial charge in [-0.2, -0.15) is 11.8 Å². The minimum Gasteiger partial charge on any atom is -0.326 e. The Kier molecular flexibility index (Phi) is 5.80. The molecule has 0 spiro atoms. The van der Waals surface area contributed by atoms with E-state index >= 15 is 0 Å². The van der Waals surface area contributed by atoms with Crippen molar-refractivity contribution in [2.75, 3.05) is 25.6 Å². The van der Waals surface area contributed by atoms with Gasteiger partial charge in [-0.1, -0.05) is 12.1 Å². The van der Waals surface area contributed by atoms with Gasteiger partial charge in [0.15, 0.2) is 0 Å². The van der Waals surface area contributed by atoms with Crippen molar-refractivity contribution in [1.29, 1.82) is 0 Å². The molecule has 0 fully saturated rings. The molecule has 0 aliphatic carbocycles. The average Bonchev–Trinajstić information content (AvgIpc) is 2.29. The van der Waals surface area contributed by atoms with E-state index in [1.807, 2.05) is 23.9 Å². The van der Waals surface area contributed by atoms with Gasteiger partial charge >= 0.3 is 0 Å². The van der Waals surface area contributed by atoms with Crippen molar-refractivity contribution in [3.8, 4) is 0 Å². The van der Waals surface area contributed by atoms with Gasteiger partial charge < -0.3 is 10.6 Å². The molecule has 0 aromatic heterocycles. The van der Waals surface area contributed by atoms with Crippen LogP contribution in [0.3, 0.4) is 0 Å². The molecule has 1 aromatic rings. The molecule has 0 aliphatic heterocycles. The molecule has 0 saturated carbocycles. The molecule has 1 rings (SSSR count). The van der Waals surface area contributed by atoms with E-state index < -0.39 is 0 Å². The zero-order chi connectivity index (χ0) is 12.0. The van der Waals surface area contributed by atoms with Gasteiger partial charge in [0, 0.05) is 31.0 Å². The van der Waals surface area contributed by atoms with Gasteiger partial charge in [-0.15, -0.1) is 0 Å². The lowest BCUT2D eigenvalue weighted by Crippen LogP contribution is -2.20. The molecule has 0 bridgehead atoms. The summed E-state index contributed by atoms with van der Waals surface area (Å²) < 4.78 is 13.2. The van der Waals surface area contributed by atoms with Gasteiger partial charge in [0.05, 0.1) is 0 Å². The van der Waals surface area contributed by atoms with Crippen molar-refractivity contribution in [2.45, 2.75) is 13.1 Å². The Morgan fingerprint density at radius 2 is 2.19 bits per heavy atom. The second-order valence-electron chi connectivity index (χ2n) is 3.86. The van der Waals surface area contributed by atoms with Crippen LogP contribution in [0.4, 0.5) is 4.39 Å². The fourth-order valence-electron chi connectivity index (χ4n) is 1.52. The predicted octanol–water partition coefficient (Wildman–Crippen LogP) is 2.08. The van der Waals surface area contributed by atoms with Gasteiger partial charge in [0.25, 0.3) is 0 Å². The number of benzene rings is 1. The minimum atomic E-state index is -0.210. The summed E-state index contributed by atoms with van der Waals surface area (Å²) in [5, 5.41) is 0. The van der Waals surface area contributed by atoms with Crippen molar-refractivity contribution in [1.82, 2.24) is 4.90 Å². The molecular weight excluding hydrogens is 223 g/mol. The molecule has 0 heterocycles. The first kappa shape index (κ1) is 13.5. The van der Waals surface area contributed by atoms with Crippen molar-refractivity contribution < 1.29 is 4.39 Å². The van der Waals surface area contributed by atoms with Crippen molar-refractivity contribution in [3.63, 3.8) is 0 Å². The number of nitrogens with zero attached hydrogens (tertiary/aromatic N) is 1. The Morgan fingerprint density at radius 3 is 2.81 bits per heavy atom. The number of halogens is 1. The molecule has 0 unspecified atom stereocenters. The zero-order valence-electron chi connectivity index (χ0n) is 9.87. The quantitative estimate of drug-likeness (QED) is 0.828. The summed E-state index contributed by atoms with van der Waals surface area (Å²) in [6.07, 6.45) is 2.10. The first-order valence-electron chi connectivity index (χ1n) is 5.32. The van der Waals surface area contributed by atoms with Crippen molar-refractivity contribution >= 4 is 11.8 Å². The lowest BCUT2D eigenvalue weighted by molar-refractivity contribution is 0.348. The number of rotatable bonds is 6. The van der Waals surface area contributed by atoms with Crippen LogP contribution in [0.15, 0.2) is 18.2 Å². The van der Waals surface area contributed by atoms with Crippen molar-refractivity contribution in [3.05, 3.63) is 35.1 Å². The predicted molar refractivity (Wildman–Crippen MR) is 69.0 cm³/mol. The number of thioether (sulfide) groups is 1. The van der Waals surface area contributed by atoms with Crippen LogP contribution in [0.25, 0.3) is 0 Å². The maximum atomic E-state index is 13.2. The van der Waals surface area contributed by atoms with Gasteiger partial charge in [-0.25, -0.2) is 4.39 Å². The second-order valence-corrected chi connectivity index (χ2v) is 4.85. The van der Waals surface area contributed by atoms with E-state index in [2.05, 4.69) is 18.2 Å². The Hall–Kier alpha value is -0.580. The number of hydrogen-bond acceptors (Lipinski definition) is 3. The number of hydrogen-bond donors (Lipinski definition) is 1. The maximum absolute atomic E-state index is 13.2. The maximum Gasteiger partial charge on any atom is 0.127 e. The third-order valence-corrected chi connectivity index (χ3v) is 3.05. The third-order valence-electron chi connectivity index (χ3n) is 2.46. The van der Waals surface area contributed by atoms with Gasteiger partial charge in [-0.3, -0.25) is 0 Å². The van der Waals surface area contributed by atoms with E-state index in [1.54, 1.807) is 0 Å². The standard InChI is InChI=1S/C12H19FN2S/c1-15(5-6-16-2)9-10-3-4-12(13)11(7-10)8-14/h3-4,7H,5-6,8-9,14H2,1-2H3. The Morgan fingerprint density at radius 1 is 1.44 bits per heavy atom. The summed E-state index contributed by atoms with van der Waals surface area (Å²) in [7, 11) is 2.07.